The molecule has 0 radical (unpaired) electrons. The second-order valence-corrected chi connectivity index (χ2v) is 4.71. The van der Waals surface area contributed by atoms with Crippen molar-refractivity contribution in [2.45, 2.75) is 25.0 Å². The minimum Gasteiger partial charge on any atom is -0.381 e. The molecular formula is C11H17ClN4O2. The molecule has 1 saturated heterocycles. The number of halogens is 1. The Morgan fingerprint density at radius 1 is 1.72 bits per heavy atom. The first-order valence-corrected chi connectivity index (χ1v) is 6.27. The van der Waals surface area contributed by atoms with E-state index in [1.54, 1.807) is 7.11 Å². The van der Waals surface area contributed by atoms with Gasteiger partial charge in [0.2, 0.25) is 0 Å². The van der Waals surface area contributed by atoms with Gasteiger partial charge in [0.1, 0.15) is 5.02 Å². The molecule has 0 amide bonds. The second kappa shape index (κ2) is 5.69. The summed E-state index contributed by atoms with van der Waals surface area (Å²) in [5.74, 6) is 0.505. The fourth-order valence-corrected chi connectivity index (χ4v) is 2.52. The lowest BCUT2D eigenvalue weighted by Gasteiger charge is -2.39. The summed E-state index contributed by atoms with van der Waals surface area (Å²) in [7, 11) is 1.70. The summed E-state index contributed by atoms with van der Waals surface area (Å²) in [6.45, 7) is 1.21. The number of nitrogens with one attached hydrogen (secondary N) is 1. The zero-order chi connectivity index (χ0) is 13.1. The van der Waals surface area contributed by atoms with Gasteiger partial charge in [-0.15, -0.1) is 0 Å². The van der Waals surface area contributed by atoms with Crippen LogP contribution in [-0.2, 0) is 4.74 Å². The summed E-state index contributed by atoms with van der Waals surface area (Å²) in [6, 6.07) is 0.0931. The first-order valence-electron chi connectivity index (χ1n) is 5.90. The first kappa shape index (κ1) is 13.3. The Kier molecular flexibility index (Phi) is 4.21. The Balaban J connectivity index is 2.27. The van der Waals surface area contributed by atoms with Crippen molar-refractivity contribution in [3.63, 3.8) is 0 Å². The zero-order valence-electron chi connectivity index (χ0n) is 10.2. The van der Waals surface area contributed by atoms with Crippen molar-refractivity contribution < 1.29 is 4.74 Å². The van der Waals surface area contributed by atoms with Gasteiger partial charge in [-0.2, -0.15) is 0 Å². The zero-order valence-corrected chi connectivity index (χ0v) is 11.0. The molecule has 1 aromatic heterocycles. The molecule has 3 N–H and O–H groups in total. The Bertz CT molecular complexity index is 465. The van der Waals surface area contributed by atoms with Crippen molar-refractivity contribution in [1.29, 1.82) is 0 Å². The van der Waals surface area contributed by atoms with Crippen molar-refractivity contribution in [2.75, 3.05) is 25.1 Å². The maximum Gasteiger partial charge on any atom is 0.271 e. The number of aromatic nitrogens is 2. The molecule has 1 aromatic rings. The molecule has 1 aliphatic rings. The van der Waals surface area contributed by atoms with E-state index < -0.39 is 0 Å². The third-order valence-corrected chi connectivity index (χ3v) is 3.66. The number of hydrogen-bond donors (Lipinski definition) is 2. The summed E-state index contributed by atoms with van der Waals surface area (Å²) in [6.07, 6.45) is 3.25. The number of aromatic amines is 1. The predicted octanol–water partition coefficient (Wildman–Crippen LogP) is 0.366. The number of ether oxygens (including phenoxy) is 1. The lowest BCUT2D eigenvalue weighted by Crippen LogP contribution is -2.49. The Hall–Kier alpha value is -1.11. The minimum atomic E-state index is -0.327. The van der Waals surface area contributed by atoms with Crippen LogP contribution in [0.15, 0.2) is 11.1 Å². The lowest BCUT2D eigenvalue weighted by atomic mass is 9.99. The molecule has 18 heavy (non-hydrogen) atoms. The van der Waals surface area contributed by atoms with E-state index in [0.29, 0.717) is 12.4 Å². The summed E-state index contributed by atoms with van der Waals surface area (Å²) in [5.41, 5.74) is 5.45. The van der Waals surface area contributed by atoms with Gasteiger partial charge < -0.3 is 20.4 Å². The summed E-state index contributed by atoms with van der Waals surface area (Å²) in [4.78, 5) is 20.1. The number of nitrogens with two attached hydrogens (primary N) is 1. The quantitative estimate of drug-likeness (QED) is 0.830. The van der Waals surface area contributed by atoms with Gasteiger partial charge in [-0.1, -0.05) is 11.6 Å². The minimum absolute atomic E-state index is 0.0931. The predicted molar refractivity (Wildman–Crippen MR) is 70.1 cm³/mol. The van der Waals surface area contributed by atoms with Gasteiger partial charge in [0.15, 0.2) is 5.82 Å². The topological polar surface area (TPSA) is 84.2 Å². The molecule has 1 aliphatic heterocycles. The van der Waals surface area contributed by atoms with Gasteiger partial charge in [0, 0.05) is 26.2 Å². The number of anilines is 1. The highest BCUT2D eigenvalue weighted by atomic mass is 35.5. The molecule has 7 heteroatoms. The SMILES string of the molecule is COC1CCN(c2nc[nH]c(=O)c2Cl)C(CN)C1. The number of H-pyrrole nitrogens is 1. The van der Waals surface area contributed by atoms with E-state index in [1.165, 1.54) is 6.33 Å². The van der Waals surface area contributed by atoms with Gasteiger partial charge in [-0.05, 0) is 12.8 Å². The second-order valence-electron chi connectivity index (χ2n) is 4.33. The third-order valence-electron chi connectivity index (χ3n) is 3.32. The van der Waals surface area contributed by atoms with Crippen LogP contribution in [0.3, 0.4) is 0 Å². The molecule has 100 valence electrons. The van der Waals surface area contributed by atoms with Crippen LogP contribution in [0.1, 0.15) is 12.8 Å². The van der Waals surface area contributed by atoms with Gasteiger partial charge >= 0.3 is 0 Å². The fraction of sp³-hybridized carbons (Fsp3) is 0.636. The van der Waals surface area contributed by atoms with Crippen LogP contribution in [0.4, 0.5) is 5.82 Å². The summed E-state index contributed by atoms with van der Waals surface area (Å²) < 4.78 is 5.36. The Labute approximate surface area is 110 Å². The lowest BCUT2D eigenvalue weighted by molar-refractivity contribution is 0.0708. The Morgan fingerprint density at radius 2 is 2.50 bits per heavy atom. The number of methoxy groups -OCH3 is 1. The van der Waals surface area contributed by atoms with E-state index in [0.717, 1.165) is 19.4 Å². The van der Waals surface area contributed by atoms with Crippen LogP contribution in [-0.4, -0.2) is 42.3 Å². The number of rotatable bonds is 3. The molecule has 0 aromatic carbocycles. The monoisotopic (exact) mass is 272 g/mol. The fourth-order valence-electron chi connectivity index (χ4n) is 2.30. The molecule has 2 heterocycles. The normalized spacial score (nSPS) is 24.3. The number of piperidine rings is 1. The first-order chi connectivity index (χ1) is 8.67. The maximum absolute atomic E-state index is 11.5. The standard InChI is InChI=1S/C11H17ClN4O2/c1-18-8-2-3-16(7(4-8)5-13)10-9(12)11(17)15-6-14-10/h6-8H,2-5,13H2,1H3,(H,14,15,17). The van der Waals surface area contributed by atoms with Crippen LogP contribution in [0.2, 0.25) is 5.02 Å². The molecular weight excluding hydrogens is 256 g/mol. The van der Waals surface area contributed by atoms with E-state index in [4.69, 9.17) is 22.1 Å². The van der Waals surface area contributed by atoms with E-state index in [9.17, 15) is 4.79 Å². The molecule has 6 nitrogen and oxygen atoms in total. The van der Waals surface area contributed by atoms with Crippen molar-refractivity contribution in [3.8, 4) is 0 Å². The molecule has 2 unspecified atom stereocenters. The van der Waals surface area contributed by atoms with Crippen LogP contribution in [0.5, 0.6) is 0 Å². The smallest absolute Gasteiger partial charge is 0.271 e. The molecule has 2 rings (SSSR count). The average Bonchev–Trinajstić information content (AvgIpc) is 2.41. The Morgan fingerprint density at radius 3 is 3.17 bits per heavy atom. The van der Waals surface area contributed by atoms with Gasteiger partial charge in [-0.3, -0.25) is 4.79 Å². The third kappa shape index (κ3) is 2.50. The van der Waals surface area contributed by atoms with Crippen molar-refractivity contribution >= 4 is 17.4 Å². The molecule has 0 saturated carbocycles. The van der Waals surface area contributed by atoms with Crippen molar-refractivity contribution in [3.05, 3.63) is 21.7 Å². The van der Waals surface area contributed by atoms with Crippen LogP contribution >= 0.6 is 11.6 Å². The molecule has 2 atom stereocenters. The van der Waals surface area contributed by atoms with E-state index in [1.807, 2.05) is 4.90 Å². The van der Waals surface area contributed by atoms with Gasteiger partial charge in [0.25, 0.3) is 5.56 Å². The number of hydrogen-bond acceptors (Lipinski definition) is 5. The highest BCUT2D eigenvalue weighted by Gasteiger charge is 2.30. The van der Waals surface area contributed by atoms with Crippen LogP contribution < -0.4 is 16.2 Å². The van der Waals surface area contributed by atoms with E-state index >= 15 is 0 Å². The summed E-state index contributed by atoms with van der Waals surface area (Å²) >= 11 is 6.00. The van der Waals surface area contributed by atoms with E-state index in [-0.39, 0.29) is 22.7 Å². The molecule has 0 aliphatic carbocycles. The molecule has 1 fully saturated rings. The van der Waals surface area contributed by atoms with Crippen molar-refractivity contribution in [1.82, 2.24) is 9.97 Å². The molecule has 0 bridgehead atoms. The maximum atomic E-state index is 11.5. The summed E-state index contributed by atoms with van der Waals surface area (Å²) in [5, 5.41) is 0.117. The largest absolute Gasteiger partial charge is 0.381 e. The van der Waals surface area contributed by atoms with Gasteiger partial charge in [0.05, 0.1) is 12.4 Å². The van der Waals surface area contributed by atoms with Gasteiger partial charge in [-0.25, -0.2) is 4.98 Å². The molecule has 0 spiro atoms. The van der Waals surface area contributed by atoms with Crippen molar-refractivity contribution in [2.24, 2.45) is 5.73 Å². The highest BCUT2D eigenvalue weighted by molar-refractivity contribution is 6.32. The average molecular weight is 273 g/mol. The number of nitrogens with zero attached hydrogens (tertiary/aromatic N) is 2. The highest BCUT2D eigenvalue weighted by Crippen LogP contribution is 2.27. The van der Waals surface area contributed by atoms with Crippen LogP contribution in [0.25, 0.3) is 0 Å². The van der Waals surface area contributed by atoms with E-state index in [2.05, 4.69) is 9.97 Å². The van der Waals surface area contributed by atoms with Crippen LogP contribution in [0, 0.1) is 0 Å².